The van der Waals surface area contributed by atoms with Crippen LogP contribution in [0.4, 0.5) is 0 Å². The Balaban J connectivity index is 1.29. The highest BCUT2D eigenvalue weighted by Crippen LogP contribution is 2.67. The Kier molecular flexibility index (Phi) is 6.42. The number of likely N-dealkylation sites (N-methyl/N-ethyl adjacent to an activating group) is 1. The molecule has 8 heteroatoms. The summed E-state index contributed by atoms with van der Waals surface area (Å²) in [7, 11) is 1.81. The predicted octanol–water partition coefficient (Wildman–Crippen LogP) is 4.49. The van der Waals surface area contributed by atoms with Crippen LogP contribution in [0.3, 0.4) is 0 Å². The van der Waals surface area contributed by atoms with E-state index in [0.717, 1.165) is 36.2 Å². The SMILES string of the molecule is CC(=O)O[C@@]12CC[C@@H](N(C)C(=O)/C=C/c3ccoc3)[C@@H]3Oc4c(O)ccc5c4[C@@]31CCN(CCc1ccccc1)[C@@H]2C5. The third kappa shape index (κ3) is 3.91. The molecular formula is C34H36N2O6. The van der Waals surface area contributed by atoms with Gasteiger partial charge in [0, 0.05) is 37.7 Å². The Bertz CT molecular complexity index is 1530. The predicted molar refractivity (Wildman–Crippen MR) is 156 cm³/mol. The molecule has 3 aromatic rings. The van der Waals surface area contributed by atoms with Crippen LogP contribution in [0.2, 0.25) is 0 Å². The highest BCUT2D eigenvalue weighted by atomic mass is 16.6. The zero-order chi connectivity index (χ0) is 29.1. The fraction of sp³-hybridized carbons (Fsp3) is 0.412. The second-order valence-electron chi connectivity index (χ2n) is 12.1. The van der Waals surface area contributed by atoms with Crippen LogP contribution in [0, 0.1) is 0 Å². The van der Waals surface area contributed by atoms with E-state index in [4.69, 9.17) is 13.9 Å². The highest BCUT2D eigenvalue weighted by Gasteiger charge is 2.75. The Labute approximate surface area is 245 Å². The Morgan fingerprint density at radius 2 is 2.00 bits per heavy atom. The average molecular weight is 569 g/mol. The van der Waals surface area contributed by atoms with Crippen molar-refractivity contribution in [3.05, 3.63) is 89.4 Å². The maximum absolute atomic E-state index is 13.4. The maximum atomic E-state index is 13.4. The van der Waals surface area contributed by atoms with Gasteiger partial charge >= 0.3 is 5.97 Å². The number of carbonyl (C=O) groups is 2. The van der Waals surface area contributed by atoms with Gasteiger partial charge in [-0.1, -0.05) is 36.4 Å². The number of hydrogen-bond donors (Lipinski definition) is 1. The number of furan rings is 1. The quantitative estimate of drug-likeness (QED) is 0.332. The van der Waals surface area contributed by atoms with Crippen molar-refractivity contribution in [3.8, 4) is 11.5 Å². The van der Waals surface area contributed by atoms with Crippen LogP contribution in [0.25, 0.3) is 6.08 Å². The van der Waals surface area contributed by atoms with Crippen molar-refractivity contribution in [1.29, 1.82) is 0 Å². The van der Waals surface area contributed by atoms with E-state index in [9.17, 15) is 14.7 Å². The topological polar surface area (TPSA) is 92.5 Å². The Hall–Kier alpha value is -4.04. The number of nitrogens with zero attached hydrogens (tertiary/aromatic N) is 2. The molecule has 3 heterocycles. The molecule has 1 N–H and O–H groups in total. The minimum Gasteiger partial charge on any atom is -0.504 e. The van der Waals surface area contributed by atoms with Crippen LogP contribution in [0.15, 0.2) is 71.6 Å². The number of amides is 1. The number of phenolic OH excluding ortho intramolecular Hbond substituents is 1. The van der Waals surface area contributed by atoms with Gasteiger partial charge in [-0.05, 0) is 68.0 Å². The molecule has 7 rings (SSSR count). The van der Waals surface area contributed by atoms with E-state index in [-0.39, 0.29) is 29.7 Å². The number of aromatic hydroxyl groups is 1. The Morgan fingerprint density at radius 1 is 1.17 bits per heavy atom. The van der Waals surface area contributed by atoms with Crippen molar-refractivity contribution < 1.29 is 28.6 Å². The van der Waals surface area contributed by atoms with E-state index in [1.165, 1.54) is 12.5 Å². The minimum absolute atomic E-state index is 0.0455. The molecule has 1 aromatic heterocycles. The molecule has 218 valence electrons. The third-order valence-electron chi connectivity index (χ3n) is 10.2. The molecule has 4 aliphatic rings. The van der Waals surface area contributed by atoms with E-state index in [0.29, 0.717) is 31.4 Å². The number of ether oxygens (including phenoxy) is 2. The van der Waals surface area contributed by atoms with E-state index < -0.39 is 17.1 Å². The van der Waals surface area contributed by atoms with Crippen molar-refractivity contribution in [2.75, 3.05) is 20.1 Å². The largest absolute Gasteiger partial charge is 0.504 e. The van der Waals surface area contributed by atoms with Gasteiger partial charge in [0.2, 0.25) is 5.91 Å². The number of likely N-dealkylation sites (tertiary alicyclic amines) is 1. The van der Waals surface area contributed by atoms with E-state index in [1.807, 2.05) is 19.2 Å². The lowest BCUT2D eigenvalue weighted by Crippen LogP contribution is -2.79. The molecule has 1 spiro atoms. The fourth-order valence-electron chi connectivity index (χ4n) is 8.44. The van der Waals surface area contributed by atoms with Gasteiger partial charge in [0.05, 0.1) is 30.0 Å². The standard InChI is InChI=1S/C34H36N2O6/c1-22(37)42-34-15-12-26(35(2)29(39)11-8-24-14-19-40-21-24)32-33(34)16-18-36(17-13-23-6-4-3-5-7-23)28(34)20-25-9-10-27(38)31(41-32)30(25)33/h3-11,14,19,21,26,28,32,38H,12-13,15-18,20H2,1-2H3/b11-8+/t26-,28-,32+,33+,34-/m1/s1. The van der Waals surface area contributed by atoms with Crippen LogP contribution in [0.5, 0.6) is 11.5 Å². The first-order chi connectivity index (χ1) is 20.3. The molecule has 42 heavy (non-hydrogen) atoms. The summed E-state index contributed by atoms with van der Waals surface area (Å²) in [6.45, 7) is 3.14. The van der Waals surface area contributed by atoms with Crippen molar-refractivity contribution in [1.82, 2.24) is 9.80 Å². The number of benzene rings is 2. The lowest BCUT2D eigenvalue weighted by molar-refractivity contribution is -0.223. The van der Waals surface area contributed by atoms with Gasteiger partial charge in [-0.15, -0.1) is 0 Å². The number of rotatable bonds is 7. The summed E-state index contributed by atoms with van der Waals surface area (Å²) in [6, 6.07) is 15.7. The molecule has 1 saturated carbocycles. The first-order valence-corrected chi connectivity index (χ1v) is 14.8. The molecule has 2 fully saturated rings. The number of hydrogen-bond acceptors (Lipinski definition) is 7. The molecule has 0 radical (unpaired) electrons. The van der Waals surface area contributed by atoms with E-state index in [1.54, 1.807) is 41.7 Å². The molecule has 2 bridgehead atoms. The van der Waals surface area contributed by atoms with Gasteiger partial charge in [-0.2, -0.15) is 0 Å². The lowest BCUT2D eigenvalue weighted by atomic mass is 9.48. The summed E-state index contributed by atoms with van der Waals surface area (Å²) in [5.41, 5.74) is 2.66. The van der Waals surface area contributed by atoms with Gasteiger partial charge in [-0.25, -0.2) is 0 Å². The molecular weight excluding hydrogens is 532 g/mol. The molecule has 2 aliphatic carbocycles. The summed E-state index contributed by atoms with van der Waals surface area (Å²) in [6.07, 6.45) is 9.49. The second kappa shape index (κ2) is 10.1. The monoisotopic (exact) mass is 568 g/mol. The van der Waals surface area contributed by atoms with E-state index >= 15 is 0 Å². The van der Waals surface area contributed by atoms with Gasteiger partial charge in [0.25, 0.3) is 0 Å². The van der Waals surface area contributed by atoms with E-state index in [2.05, 4.69) is 29.2 Å². The Morgan fingerprint density at radius 3 is 2.76 bits per heavy atom. The maximum Gasteiger partial charge on any atom is 0.303 e. The molecule has 1 amide bonds. The first-order valence-electron chi connectivity index (χ1n) is 14.8. The highest BCUT2D eigenvalue weighted by molar-refractivity contribution is 5.92. The van der Waals surface area contributed by atoms with Gasteiger partial charge < -0.3 is 23.9 Å². The van der Waals surface area contributed by atoms with Gasteiger partial charge in [0.15, 0.2) is 11.5 Å². The fourth-order valence-corrected chi connectivity index (χ4v) is 8.44. The van der Waals surface area contributed by atoms with Crippen LogP contribution in [0.1, 0.15) is 48.4 Å². The number of carbonyl (C=O) groups excluding carboxylic acids is 2. The average Bonchev–Trinajstić information content (AvgIpc) is 3.63. The first kappa shape index (κ1) is 26.8. The van der Waals surface area contributed by atoms with Crippen LogP contribution >= 0.6 is 0 Å². The summed E-state index contributed by atoms with van der Waals surface area (Å²) in [5.74, 6) is 0.110. The minimum atomic E-state index is -0.836. The molecule has 0 unspecified atom stereocenters. The molecule has 5 atom stereocenters. The van der Waals surface area contributed by atoms with Gasteiger partial charge in [0.1, 0.15) is 11.7 Å². The summed E-state index contributed by atoms with van der Waals surface area (Å²) < 4.78 is 18.4. The second-order valence-corrected chi connectivity index (χ2v) is 12.1. The van der Waals surface area contributed by atoms with Crippen molar-refractivity contribution in [3.63, 3.8) is 0 Å². The summed E-state index contributed by atoms with van der Waals surface area (Å²) in [5, 5.41) is 11.0. The molecule has 2 aromatic carbocycles. The summed E-state index contributed by atoms with van der Waals surface area (Å²) >= 11 is 0. The molecule has 8 nitrogen and oxygen atoms in total. The normalized spacial score (nSPS) is 29.1. The third-order valence-corrected chi connectivity index (χ3v) is 10.2. The van der Waals surface area contributed by atoms with Crippen LogP contribution in [-0.2, 0) is 32.6 Å². The van der Waals surface area contributed by atoms with Crippen molar-refractivity contribution >= 4 is 18.0 Å². The van der Waals surface area contributed by atoms with Gasteiger partial charge in [-0.3, -0.25) is 14.5 Å². The zero-order valence-corrected chi connectivity index (χ0v) is 24.0. The van der Waals surface area contributed by atoms with Crippen molar-refractivity contribution in [2.24, 2.45) is 0 Å². The zero-order valence-electron chi connectivity index (χ0n) is 24.0. The smallest absolute Gasteiger partial charge is 0.303 e. The van der Waals surface area contributed by atoms with Crippen LogP contribution < -0.4 is 4.74 Å². The number of phenols is 1. The molecule has 2 aliphatic heterocycles. The number of esters is 1. The summed E-state index contributed by atoms with van der Waals surface area (Å²) in [4.78, 5) is 30.6. The van der Waals surface area contributed by atoms with Crippen LogP contribution in [-0.4, -0.2) is 70.7 Å². The van der Waals surface area contributed by atoms with Crippen molar-refractivity contribution in [2.45, 2.75) is 68.2 Å². The molecule has 1 saturated heterocycles. The lowest BCUT2D eigenvalue weighted by Gasteiger charge is -2.65. The number of piperidine rings is 1.